The van der Waals surface area contributed by atoms with Gasteiger partial charge in [0, 0.05) is 38.4 Å². The molecule has 2 aromatic carbocycles. The minimum Gasteiger partial charge on any atom is -0.466 e. The number of hydrogen-bond donors (Lipinski definition) is 2. The molecule has 3 aliphatic rings. The van der Waals surface area contributed by atoms with Gasteiger partial charge in [-0.15, -0.1) is 0 Å². The van der Waals surface area contributed by atoms with Gasteiger partial charge in [0.15, 0.2) is 5.78 Å². The molecule has 36 heavy (non-hydrogen) atoms. The number of esters is 1. The number of amides is 1. The Labute approximate surface area is 222 Å². The number of fused-ring (bicyclic) bond motifs is 3. The van der Waals surface area contributed by atoms with Gasteiger partial charge in [-0.1, -0.05) is 41.4 Å². The fraction of sp³-hybridized carbons (Fsp3) is 0.296. The lowest BCUT2D eigenvalue weighted by molar-refractivity contribution is -0.138. The Bertz CT molecular complexity index is 1440. The van der Waals surface area contributed by atoms with E-state index in [1.807, 2.05) is 39.0 Å². The lowest BCUT2D eigenvalue weighted by Crippen LogP contribution is -2.54. The number of hydrogen-bond acceptors (Lipinski definition) is 6. The number of carbonyl (C=O) groups excluding carboxylic acids is 3. The molecule has 7 nitrogen and oxygen atoms in total. The minimum absolute atomic E-state index is 0.0412. The molecule has 2 aliphatic heterocycles. The van der Waals surface area contributed by atoms with Crippen molar-refractivity contribution >= 4 is 56.6 Å². The largest absolute Gasteiger partial charge is 0.466 e. The number of nitrogens with one attached hydrogen (secondary N) is 1. The first-order valence-corrected chi connectivity index (χ1v) is 12.6. The van der Waals surface area contributed by atoms with Gasteiger partial charge < -0.3 is 15.8 Å². The van der Waals surface area contributed by atoms with Crippen molar-refractivity contribution in [1.82, 2.24) is 0 Å². The summed E-state index contributed by atoms with van der Waals surface area (Å²) in [6, 6.07) is 10.6. The molecule has 1 amide bonds. The van der Waals surface area contributed by atoms with Crippen molar-refractivity contribution < 1.29 is 19.1 Å². The summed E-state index contributed by atoms with van der Waals surface area (Å²) >= 11 is 9.86. The number of nitrogens with two attached hydrogens (primary N) is 1. The van der Waals surface area contributed by atoms with Gasteiger partial charge >= 0.3 is 5.97 Å². The fourth-order valence-corrected chi connectivity index (χ4v) is 6.40. The Balaban J connectivity index is 1.95. The number of nitrogens with zero attached hydrogens (tertiary/aromatic N) is 1. The standard InChI is InChI=1S/C27H25BrClN3O4/c1-13-9-14(28)5-8-18(13)32-19-11-26(2,3)12-20(33)21(19)27(22(23(32)30)24(34)36-4)16-10-15(29)6-7-17(16)31-25(27)35/h5-10H,11-12,30H2,1-4H3,(H,31,35). The number of benzene rings is 2. The van der Waals surface area contributed by atoms with Gasteiger partial charge in [0.2, 0.25) is 5.91 Å². The van der Waals surface area contributed by atoms with Crippen LogP contribution >= 0.6 is 27.5 Å². The van der Waals surface area contributed by atoms with E-state index in [4.69, 9.17) is 22.1 Å². The zero-order valence-corrected chi connectivity index (χ0v) is 22.6. The molecule has 3 N–H and O–H groups in total. The average Bonchev–Trinajstić information content (AvgIpc) is 3.05. The number of allylic oxidation sites excluding steroid dienone is 1. The van der Waals surface area contributed by atoms with Gasteiger partial charge in [-0.2, -0.15) is 0 Å². The molecule has 0 bridgehead atoms. The van der Waals surface area contributed by atoms with E-state index in [-0.39, 0.29) is 29.2 Å². The Morgan fingerprint density at radius 1 is 1.17 bits per heavy atom. The van der Waals surface area contributed by atoms with Crippen LogP contribution in [0.3, 0.4) is 0 Å². The van der Waals surface area contributed by atoms with Crippen LogP contribution in [0.1, 0.15) is 37.8 Å². The predicted molar refractivity (Wildman–Crippen MR) is 141 cm³/mol. The number of rotatable bonds is 2. The molecule has 186 valence electrons. The highest BCUT2D eigenvalue weighted by Crippen LogP contribution is 2.58. The molecule has 1 atom stereocenters. The number of carbonyl (C=O) groups is 3. The summed E-state index contributed by atoms with van der Waals surface area (Å²) in [7, 11) is 1.23. The molecule has 0 radical (unpaired) electrons. The van der Waals surface area contributed by atoms with E-state index in [1.165, 1.54) is 7.11 Å². The van der Waals surface area contributed by atoms with Crippen molar-refractivity contribution in [3.05, 3.63) is 79.7 Å². The predicted octanol–water partition coefficient (Wildman–Crippen LogP) is 5.11. The lowest BCUT2D eigenvalue weighted by atomic mass is 9.60. The second-order valence-electron chi connectivity index (χ2n) is 10.2. The molecule has 9 heteroatoms. The smallest absolute Gasteiger partial charge is 0.339 e. The maximum absolute atomic E-state index is 14.0. The van der Waals surface area contributed by atoms with E-state index < -0.39 is 22.7 Å². The van der Waals surface area contributed by atoms with Crippen LogP contribution in [-0.2, 0) is 24.5 Å². The second kappa shape index (κ2) is 8.21. The minimum atomic E-state index is -1.78. The third-order valence-corrected chi connectivity index (χ3v) is 7.86. The quantitative estimate of drug-likeness (QED) is 0.487. The average molecular weight is 571 g/mol. The molecule has 1 spiro atoms. The van der Waals surface area contributed by atoms with Gasteiger partial charge in [0.25, 0.3) is 0 Å². The number of ketones is 1. The Kier molecular flexibility index (Phi) is 5.61. The first kappa shape index (κ1) is 24.6. The van der Waals surface area contributed by atoms with E-state index >= 15 is 0 Å². The number of ether oxygens (including phenoxy) is 1. The van der Waals surface area contributed by atoms with Gasteiger partial charge in [-0.3, -0.25) is 14.5 Å². The van der Waals surface area contributed by atoms with Gasteiger partial charge in [-0.25, -0.2) is 4.79 Å². The normalized spacial score (nSPS) is 22.6. The summed E-state index contributed by atoms with van der Waals surface area (Å²) in [5.41, 5.74) is 7.84. The Morgan fingerprint density at radius 2 is 1.89 bits per heavy atom. The van der Waals surface area contributed by atoms with E-state index in [0.29, 0.717) is 34.1 Å². The number of methoxy groups -OCH3 is 1. The maximum Gasteiger partial charge on any atom is 0.339 e. The van der Waals surface area contributed by atoms with Crippen LogP contribution in [0.25, 0.3) is 0 Å². The molecule has 1 aliphatic carbocycles. The third kappa shape index (κ3) is 3.34. The fourth-order valence-electron chi connectivity index (χ4n) is 5.75. The number of halogens is 2. The molecule has 0 aromatic heterocycles. The first-order valence-electron chi connectivity index (χ1n) is 11.5. The zero-order valence-electron chi connectivity index (χ0n) is 20.3. The summed E-state index contributed by atoms with van der Waals surface area (Å²) in [5.74, 6) is -1.51. The SMILES string of the molecule is COC(=O)C1=C(N)N(c2ccc(Br)cc2C)C2=C(C(=O)CC(C)(C)C2)C12C(=O)Nc1ccc(Cl)cc12. The van der Waals surface area contributed by atoms with Crippen molar-refractivity contribution in [3.63, 3.8) is 0 Å². The highest BCUT2D eigenvalue weighted by Gasteiger charge is 2.63. The lowest BCUT2D eigenvalue weighted by Gasteiger charge is -2.47. The maximum atomic E-state index is 14.0. The van der Waals surface area contributed by atoms with Crippen LogP contribution in [0.4, 0.5) is 11.4 Å². The monoisotopic (exact) mass is 569 g/mol. The number of anilines is 2. The molecule has 1 unspecified atom stereocenters. The first-order chi connectivity index (χ1) is 16.9. The molecule has 2 heterocycles. The highest BCUT2D eigenvalue weighted by atomic mass is 79.9. The molecule has 0 fully saturated rings. The summed E-state index contributed by atoms with van der Waals surface area (Å²) in [6.45, 7) is 5.93. The van der Waals surface area contributed by atoms with Crippen LogP contribution < -0.4 is 16.0 Å². The number of aryl methyl sites for hydroxylation is 1. The molecule has 0 saturated heterocycles. The summed E-state index contributed by atoms with van der Waals surface area (Å²) in [6.07, 6.45) is 0.669. The van der Waals surface area contributed by atoms with Crippen LogP contribution in [-0.4, -0.2) is 24.8 Å². The van der Waals surface area contributed by atoms with Crippen molar-refractivity contribution in [2.75, 3.05) is 17.3 Å². The molecular formula is C27H25BrClN3O4. The van der Waals surface area contributed by atoms with Gasteiger partial charge in [0.05, 0.1) is 12.8 Å². The van der Waals surface area contributed by atoms with Crippen molar-refractivity contribution in [2.24, 2.45) is 11.1 Å². The van der Waals surface area contributed by atoms with Crippen LogP contribution in [0.2, 0.25) is 5.02 Å². The van der Waals surface area contributed by atoms with E-state index in [2.05, 4.69) is 21.2 Å². The van der Waals surface area contributed by atoms with E-state index in [0.717, 1.165) is 10.0 Å². The topological polar surface area (TPSA) is 102 Å². The second-order valence-corrected chi connectivity index (χ2v) is 11.5. The summed E-state index contributed by atoms with van der Waals surface area (Å²) < 4.78 is 6.05. The van der Waals surface area contributed by atoms with Crippen LogP contribution in [0.5, 0.6) is 0 Å². The molecule has 2 aromatic rings. The zero-order chi connectivity index (χ0) is 26.2. The summed E-state index contributed by atoms with van der Waals surface area (Å²) in [5, 5.41) is 3.22. The van der Waals surface area contributed by atoms with Gasteiger partial charge in [-0.05, 0) is 60.7 Å². The third-order valence-electron chi connectivity index (χ3n) is 7.13. The van der Waals surface area contributed by atoms with Crippen molar-refractivity contribution in [3.8, 4) is 0 Å². The van der Waals surface area contributed by atoms with Crippen molar-refractivity contribution in [2.45, 2.75) is 39.0 Å². The van der Waals surface area contributed by atoms with Crippen molar-refractivity contribution in [1.29, 1.82) is 0 Å². The van der Waals surface area contributed by atoms with Crippen LogP contribution in [0, 0.1) is 12.3 Å². The Morgan fingerprint density at radius 3 is 2.56 bits per heavy atom. The van der Waals surface area contributed by atoms with Crippen LogP contribution in [0.15, 0.2) is 63.5 Å². The number of Topliss-reactive ketones (excluding diaryl/α,β-unsaturated/α-hetero) is 1. The molecule has 5 rings (SSSR count). The summed E-state index contributed by atoms with van der Waals surface area (Å²) in [4.78, 5) is 43.2. The van der Waals surface area contributed by atoms with Gasteiger partial charge in [0.1, 0.15) is 16.8 Å². The van der Waals surface area contributed by atoms with E-state index in [1.54, 1.807) is 23.1 Å². The highest BCUT2D eigenvalue weighted by molar-refractivity contribution is 9.10. The molecule has 0 saturated carbocycles. The molecular weight excluding hydrogens is 546 g/mol. The Hall–Kier alpha value is -3.10. The van der Waals surface area contributed by atoms with E-state index in [9.17, 15) is 14.4 Å².